The molecule has 0 saturated heterocycles. The molecule has 3 aromatic rings. The normalized spacial score (nSPS) is 11.4. The Labute approximate surface area is 159 Å². The maximum absolute atomic E-state index is 11.5. The average Bonchev–Trinajstić information content (AvgIpc) is 2.66. The van der Waals surface area contributed by atoms with Crippen LogP contribution in [0.25, 0.3) is 23.1 Å². The van der Waals surface area contributed by atoms with Gasteiger partial charge in [-0.3, -0.25) is 0 Å². The molecule has 138 valence electrons. The highest BCUT2D eigenvalue weighted by Crippen LogP contribution is 2.20. The van der Waals surface area contributed by atoms with Gasteiger partial charge in [0.1, 0.15) is 5.75 Å². The van der Waals surface area contributed by atoms with Gasteiger partial charge >= 0.3 is 5.97 Å². The van der Waals surface area contributed by atoms with E-state index in [9.17, 15) is 9.90 Å². The number of carboxylic acids is 1. The van der Waals surface area contributed by atoms with Crippen LogP contribution in [0.15, 0.2) is 54.6 Å². The number of carbonyl (C=O) groups is 1. The molecule has 3 rings (SSSR count). The second kappa shape index (κ2) is 8.49. The molecule has 0 saturated carbocycles. The van der Waals surface area contributed by atoms with Crippen LogP contribution in [-0.4, -0.2) is 22.7 Å². The fourth-order valence-corrected chi connectivity index (χ4v) is 2.73. The Bertz CT molecular complexity index is 959. The van der Waals surface area contributed by atoms with Crippen molar-refractivity contribution < 1.29 is 14.6 Å². The monoisotopic (exact) mass is 361 g/mol. The van der Waals surface area contributed by atoms with Crippen LogP contribution in [0.1, 0.15) is 41.9 Å². The fraction of sp³-hybridized carbons (Fsp3) is 0.217. The van der Waals surface area contributed by atoms with Gasteiger partial charge in [-0.15, -0.1) is 0 Å². The molecule has 1 aromatic heterocycles. The highest BCUT2D eigenvalue weighted by atomic mass is 16.5. The van der Waals surface area contributed by atoms with Crippen LogP contribution in [0.3, 0.4) is 0 Å². The van der Waals surface area contributed by atoms with E-state index in [0.717, 1.165) is 17.7 Å². The Balaban J connectivity index is 1.76. The first-order valence-electron chi connectivity index (χ1n) is 9.07. The molecule has 0 spiro atoms. The van der Waals surface area contributed by atoms with Crippen molar-refractivity contribution >= 4 is 29.0 Å². The molecule has 0 radical (unpaired) electrons. The number of hydrogen-bond acceptors (Lipinski definition) is 3. The molecule has 4 heteroatoms. The van der Waals surface area contributed by atoms with E-state index in [0.29, 0.717) is 29.1 Å². The minimum atomic E-state index is -0.953. The summed E-state index contributed by atoms with van der Waals surface area (Å²) in [6.07, 6.45) is 4.77. The van der Waals surface area contributed by atoms with Gasteiger partial charge in [0.25, 0.3) is 0 Å². The van der Waals surface area contributed by atoms with Crippen molar-refractivity contribution in [1.29, 1.82) is 0 Å². The van der Waals surface area contributed by atoms with E-state index >= 15 is 0 Å². The number of aromatic nitrogens is 1. The molecule has 27 heavy (non-hydrogen) atoms. The van der Waals surface area contributed by atoms with E-state index < -0.39 is 5.97 Å². The first-order chi connectivity index (χ1) is 13.0. The van der Waals surface area contributed by atoms with Crippen LogP contribution >= 0.6 is 0 Å². The topological polar surface area (TPSA) is 59.4 Å². The van der Waals surface area contributed by atoms with E-state index in [-0.39, 0.29) is 5.56 Å². The number of ether oxygens (including phenoxy) is 1. The molecule has 0 bridgehead atoms. The van der Waals surface area contributed by atoms with Gasteiger partial charge < -0.3 is 9.84 Å². The average molecular weight is 361 g/mol. The van der Waals surface area contributed by atoms with Crippen LogP contribution < -0.4 is 4.74 Å². The van der Waals surface area contributed by atoms with Crippen molar-refractivity contribution in [1.82, 2.24) is 4.98 Å². The Morgan fingerprint density at radius 3 is 2.56 bits per heavy atom. The summed E-state index contributed by atoms with van der Waals surface area (Å²) in [6, 6.07) is 16.7. The molecule has 0 unspecified atom stereocenters. The number of para-hydroxylation sites is 1. The summed E-state index contributed by atoms with van der Waals surface area (Å²) in [7, 11) is 0. The van der Waals surface area contributed by atoms with Gasteiger partial charge in [-0.05, 0) is 48.2 Å². The van der Waals surface area contributed by atoms with E-state index in [4.69, 9.17) is 4.74 Å². The van der Waals surface area contributed by atoms with Crippen molar-refractivity contribution in [3.63, 3.8) is 0 Å². The fourth-order valence-electron chi connectivity index (χ4n) is 2.73. The first-order valence-corrected chi connectivity index (χ1v) is 9.07. The lowest BCUT2D eigenvalue weighted by Crippen LogP contribution is -2.01. The lowest BCUT2D eigenvalue weighted by atomic mass is 10.1. The Hall–Kier alpha value is -3.14. The molecule has 0 aliphatic carbocycles. The van der Waals surface area contributed by atoms with Gasteiger partial charge in [0, 0.05) is 5.39 Å². The molecule has 0 atom stereocenters. The van der Waals surface area contributed by atoms with Gasteiger partial charge in [-0.25, -0.2) is 9.78 Å². The van der Waals surface area contributed by atoms with Crippen LogP contribution in [-0.2, 0) is 0 Å². The van der Waals surface area contributed by atoms with Crippen molar-refractivity contribution in [3.8, 4) is 5.75 Å². The third-order valence-electron chi connectivity index (χ3n) is 4.26. The summed E-state index contributed by atoms with van der Waals surface area (Å²) in [5, 5.41) is 10.1. The maximum Gasteiger partial charge on any atom is 0.336 e. The van der Waals surface area contributed by atoms with Gasteiger partial charge in [-0.2, -0.15) is 0 Å². The number of pyridine rings is 1. The van der Waals surface area contributed by atoms with Crippen molar-refractivity contribution in [3.05, 3.63) is 71.4 Å². The Morgan fingerprint density at radius 2 is 1.85 bits per heavy atom. The Morgan fingerprint density at radius 1 is 1.11 bits per heavy atom. The molecule has 0 aliphatic heterocycles. The number of aromatic carboxylic acids is 1. The molecule has 0 amide bonds. The van der Waals surface area contributed by atoms with Gasteiger partial charge in [0.2, 0.25) is 0 Å². The maximum atomic E-state index is 11.5. The molecular formula is C23H23NO3. The zero-order chi connectivity index (χ0) is 19.2. The summed E-state index contributed by atoms with van der Waals surface area (Å²) in [4.78, 5) is 16.1. The molecule has 0 aliphatic rings. The van der Waals surface area contributed by atoms with Crippen LogP contribution in [0.2, 0.25) is 0 Å². The van der Waals surface area contributed by atoms with Crippen molar-refractivity contribution in [2.45, 2.75) is 20.3 Å². The predicted octanol–water partition coefficient (Wildman–Crippen LogP) is 5.53. The van der Waals surface area contributed by atoms with Crippen molar-refractivity contribution in [2.75, 3.05) is 6.61 Å². The number of fused-ring (bicyclic) bond motifs is 1. The quantitative estimate of drug-likeness (QED) is 0.601. The number of nitrogens with zero attached hydrogens (tertiary/aromatic N) is 1. The first kappa shape index (κ1) is 18.6. The minimum absolute atomic E-state index is 0.258. The van der Waals surface area contributed by atoms with Crippen LogP contribution in [0, 0.1) is 5.92 Å². The van der Waals surface area contributed by atoms with E-state index in [1.54, 1.807) is 12.1 Å². The van der Waals surface area contributed by atoms with Crippen LogP contribution in [0.4, 0.5) is 0 Å². The summed E-state index contributed by atoms with van der Waals surface area (Å²) < 4.78 is 5.72. The second-order valence-electron chi connectivity index (χ2n) is 6.85. The lowest BCUT2D eigenvalue weighted by Gasteiger charge is -2.08. The summed E-state index contributed by atoms with van der Waals surface area (Å²) in [6.45, 7) is 5.06. The number of benzene rings is 2. The molecule has 0 fully saturated rings. The highest BCUT2D eigenvalue weighted by Gasteiger charge is 2.10. The third-order valence-corrected chi connectivity index (χ3v) is 4.26. The summed E-state index contributed by atoms with van der Waals surface area (Å²) in [5.41, 5.74) is 2.54. The van der Waals surface area contributed by atoms with Gasteiger partial charge in [-0.1, -0.05) is 50.3 Å². The largest absolute Gasteiger partial charge is 0.494 e. The standard InChI is InChI=1S/C23H23NO3/c1-16(2)13-14-27-19-11-8-17(9-12-19)7-10-18-15-21(23(25)26)20-5-3-4-6-22(20)24-18/h3-12,15-16H,13-14H2,1-2H3,(H,25,26). The molecule has 2 aromatic carbocycles. The number of carboxylic acid groups (broad SMARTS) is 1. The second-order valence-corrected chi connectivity index (χ2v) is 6.85. The predicted molar refractivity (Wildman–Crippen MR) is 109 cm³/mol. The third kappa shape index (κ3) is 4.94. The zero-order valence-corrected chi connectivity index (χ0v) is 15.6. The molecule has 1 N–H and O–H groups in total. The molecule has 4 nitrogen and oxygen atoms in total. The highest BCUT2D eigenvalue weighted by molar-refractivity contribution is 6.03. The Kier molecular flexibility index (Phi) is 5.87. The van der Waals surface area contributed by atoms with E-state index in [1.807, 2.05) is 54.6 Å². The minimum Gasteiger partial charge on any atom is -0.494 e. The van der Waals surface area contributed by atoms with Crippen molar-refractivity contribution in [2.24, 2.45) is 5.92 Å². The van der Waals surface area contributed by atoms with E-state index in [2.05, 4.69) is 18.8 Å². The number of rotatable bonds is 7. The van der Waals surface area contributed by atoms with E-state index in [1.165, 1.54) is 0 Å². The van der Waals surface area contributed by atoms with Gasteiger partial charge in [0.15, 0.2) is 0 Å². The summed E-state index contributed by atoms with van der Waals surface area (Å²) >= 11 is 0. The van der Waals surface area contributed by atoms with Gasteiger partial charge in [0.05, 0.1) is 23.4 Å². The molecule has 1 heterocycles. The SMILES string of the molecule is CC(C)CCOc1ccc(C=Cc2cc(C(=O)O)c3ccccc3n2)cc1. The molecular weight excluding hydrogens is 338 g/mol. The van der Waals surface area contributed by atoms with Crippen LogP contribution in [0.5, 0.6) is 5.75 Å². The lowest BCUT2D eigenvalue weighted by molar-refractivity contribution is 0.0699. The number of hydrogen-bond donors (Lipinski definition) is 1. The smallest absolute Gasteiger partial charge is 0.336 e. The zero-order valence-electron chi connectivity index (χ0n) is 15.6. The summed E-state index contributed by atoms with van der Waals surface area (Å²) in [5.74, 6) is 0.522.